The number of likely N-dealkylation sites (N-methyl/N-ethyl adjacent to an activating group) is 1. The summed E-state index contributed by atoms with van der Waals surface area (Å²) in [7, 11) is 1.96. The highest BCUT2D eigenvalue weighted by atomic mass is 16.6. The lowest BCUT2D eigenvalue weighted by atomic mass is 9.87. The first-order valence-electron chi connectivity index (χ1n) is 7.62. The van der Waals surface area contributed by atoms with Crippen molar-refractivity contribution in [2.75, 3.05) is 20.1 Å². The molecule has 0 N–H and O–H groups in total. The lowest BCUT2D eigenvalue weighted by molar-refractivity contribution is -0.384. The normalized spacial score (nSPS) is 20.3. The Morgan fingerprint density at radius 2 is 2.17 bits per heavy atom. The van der Waals surface area contributed by atoms with Crippen LogP contribution in [0, 0.1) is 10.1 Å². The number of nitro benzene ring substituents is 1. The molecule has 2 aromatic rings. The standard InChI is InChI=1S/C18H17N3O3/c1-20-11-15(8-13-4-2-6-16(9-13)21(23)24)18(22)17(12-20)14-5-3-7-19-10-14/h2-10,17H,11-12H2,1H3. The van der Waals surface area contributed by atoms with E-state index in [1.54, 1.807) is 30.6 Å². The summed E-state index contributed by atoms with van der Waals surface area (Å²) in [5, 5.41) is 10.9. The van der Waals surface area contributed by atoms with Crippen LogP contribution in [-0.2, 0) is 4.79 Å². The predicted molar refractivity (Wildman–Crippen MR) is 90.6 cm³/mol. The number of carbonyl (C=O) groups is 1. The van der Waals surface area contributed by atoms with E-state index in [1.165, 1.54) is 12.1 Å². The van der Waals surface area contributed by atoms with Gasteiger partial charge in [-0.3, -0.25) is 19.9 Å². The summed E-state index contributed by atoms with van der Waals surface area (Å²) in [5.74, 6) is -0.213. The fourth-order valence-corrected chi connectivity index (χ4v) is 2.94. The Hall–Kier alpha value is -2.86. The van der Waals surface area contributed by atoms with Crippen molar-refractivity contribution < 1.29 is 9.72 Å². The Labute approximate surface area is 139 Å². The van der Waals surface area contributed by atoms with Gasteiger partial charge in [-0.2, -0.15) is 0 Å². The third-order valence-electron chi connectivity index (χ3n) is 4.08. The number of hydrogen-bond acceptors (Lipinski definition) is 5. The maximum absolute atomic E-state index is 12.8. The number of ketones is 1. The van der Waals surface area contributed by atoms with Gasteiger partial charge in [0, 0.05) is 43.2 Å². The molecule has 0 aliphatic carbocycles. The number of non-ortho nitro benzene ring substituents is 1. The molecule has 1 aromatic heterocycles. The van der Waals surface area contributed by atoms with Gasteiger partial charge in [0.1, 0.15) is 0 Å². The maximum atomic E-state index is 12.8. The van der Waals surface area contributed by atoms with Crippen LogP contribution in [0.1, 0.15) is 17.0 Å². The minimum absolute atomic E-state index is 0.0183. The third-order valence-corrected chi connectivity index (χ3v) is 4.08. The molecule has 6 heteroatoms. The third kappa shape index (κ3) is 3.38. The number of Topliss-reactive ketones (excluding diaryl/α,β-unsaturated/α-hetero) is 1. The Morgan fingerprint density at radius 1 is 1.33 bits per heavy atom. The summed E-state index contributed by atoms with van der Waals surface area (Å²) in [6.45, 7) is 1.16. The van der Waals surface area contributed by atoms with Gasteiger partial charge in [0.15, 0.2) is 5.78 Å². The van der Waals surface area contributed by atoms with Crippen molar-refractivity contribution in [3.8, 4) is 0 Å². The summed E-state index contributed by atoms with van der Waals surface area (Å²) in [4.78, 5) is 29.5. The average molecular weight is 323 g/mol. The predicted octanol–water partition coefficient (Wildman–Crippen LogP) is 2.67. The van der Waals surface area contributed by atoms with Gasteiger partial charge < -0.3 is 4.90 Å². The molecule has 1 unspecified atom stereocenters. The first-order valence-corrected chi connectivity index (χ1v) is 7.62. The molecule has 0 bridgehead atoms. The Balaban J connectivity index is 1.93. The molecular formula is C18H17N3O3. The number of likely N-dealkylation sites (tertiary alicyclic amines) is 1. The second kappa shape index (κ2) is 6.72. The van der Waals surface area contributed by atoms with Gasteiger partial charge in [0.25, 0.3) is 5.69 Å². The molecule has 0 spiro atoms. The summed E-state index contributed by atoms with van der Waals surface area (Å²) >= 11 is 0. The second-order valence-corrected chi connectivity index (χ2v) is 5.92. The van der Waals surface area contributed by atoms with Crippen LogP contribution in [0.2, 0.25) is 0 Å². The number of nitrogens with zero attached hydrogens (tertiary/aromatic N) is 3. The van der Waals surface area contributed by atoms with Crippen molar-refractivity contribution in [2.45, 2.75) is 5.92 Å². The zero-order valence-electron chi connectivity index (χ0n) is 13.3. The molecular weight excluding hydrogens is 306 g/mol. The Morgan fingerprint density at radius 3 is 2.88 bits per heavy atom. The van der Waals surface area contributed by atoms with Crippen LogP contribution in [0.4, 0.5) is 5.69 Å². The number of carbonyl (C=O) groups excluding carboxylic acids is 1. The number of hydrogen-bond donors (Lipinski definition) is 0. The molecule has 1 aliphatic heterocycles. The van der Waals surface area contributed by atoms with E-state index in [0.717, 1.165) is 5.56 Å². The van der Waals surface area contributed by atoms with Gasteiger partial charge >= 0.3 is 0 Å². The monoisotopic (exact) mass is 323 g/mol. The number of pyridine rings is 1. The highest BCUT2D eigenvalue weighted by molar-refractivity contribution is 6.05. The highest BCUT2D eigenvalue weighted by Gasteiger charge is 2.30. The molecule has 122 valence electrons. The molecule has 6 nitrogen and oxygen atoms in total. The fourth-order valence-electron chi connectivity index (χ4n) is 2.94. The summed E-state index contributed by atoms with van der Waals surface area (Å²) in [6.07, 6.45) is 5.14. The van der Waals surface area contributed by atoms with Gasteiger partial charge in [0.2, 0.25) is 0 Å². The minimum Gasteiger partial charge on any atom is -0.301 e. The topological polar surface area (TPSA) is 76.3 Å². The van der Waals surface area contributed by atoms with E-state index >= 15 is 0 Å². The van der Waals surface area contributed by atoms with Crippen molar-refractivity contribution in [1.82, 2.24) is 9.88 Å². The lowest BCUT2D eigenvalue weighted by Gasteiger charge is -2.30. The van der Waals surface area contributed by atoms with Gasteiger partial charge in [-0.15, -0.1) is 0 Å². The van der Waals surface area contributed by atoms with E-state index < -0.39 is 4.92 Å². The number of benzene rings is 1. The van der Waals surface area contributed by atoms with E-state index in [-0.39, 0.29) is 17.4 Å². The van der Waals surface area contributed by atoms with E-state index in [0.29, 0.717) is 24.2 Å². The van der Waals surface area contributed by atoms with Crippen molar-refractivity contribution >= 4 is 17.5 Å². The first-order chi connectivity index (χ1) is 11.5. The summed E-state index contributed by atoms with van der Waals surface area (Å²) in [6, 6.07) is 10.0. The second-order valence-electron chi connectivity index (χ2n) is 5.92. The highest BCUT2D eigenvalue weighted by Crippen LogP contribution is 2.27. The van der Waals surface area contributed by atoms with Crippen LogP contribution in [0.25, 0.3) is 6.08 Å². The van der Waals surface area contributed by atoms with Crippen molar-refractivity contribution in [3.63, 3.8) is 0 Å². The molecule has 24 heavy (non-hydrogen) atoms. The molecule has 1 aromatic carbocycles. The van der Waals surface area contributed by atoms with Gasteiger partial charge in [-0.05, 0) is 30.3 Å². The average Bonchev–Trinajstić information content (AvgIpc) is 2.59. The van der Waals surface area contributed by atoms with Crippen LogP contribution < -0.4 is 0 Å². The van der Waals surface area contributed by atoms with E-state index in [2.05, 4.69) is 9.88 Å². The molecule has 3 rings (SSSR count). The fraction of sp³-hybridized carbons (Fsp3) is 0.222. The Bertz CT molecular complexity index is 802. The van der Waals surface area contributed by atoms with Crippen LogP contribution in [0.15, 0.2) is 54.4 Å². The van der Waals surface area contributed by atoms with Crippen molar-refractivity contribution in [1.29, 1.82) is 0 Å². The van der Waals surface area contributed by atoms with E-state index in [9.17, 15) is 14.9 Å². The SMILES string of the molecule is CN1CC(=Cc2cccc([N+](=O)[O-])c2)C(=O)C(c2cccnc2)C1. The van der Waals surface area contributed by atoms with Gasteiger partial charge in [-0.1, -0.05) is 18.2 Å². The minimum atomic E-state index is -0.435. The van der Waals surface area contributed by atoms with Crippen LogP contribution >= 0.6 is 0 Å². The molecule has 0 radical (unpaired) electrons. The molecule has 1 fully saturated rings. The number of aromatic nitrogens is 1. The molecule has 1 aliphatic rings. The largest absolute Gasteiger partial charge is 0.301 e. The molecule has 1 saturated heterocycles. The van der Waals surface area contributed by atoms with Gasteiger partial charge in [-0.25, -0.2) is 0 Å². The van der Waals surface area contributed by atoms with Crippen molar-refractivity contribution in [3.05, 3.63) is 75.6 Å². The van der Waals surface area contributed by atoms with E-state index in [4.69, 9.17) is 0 Å². The van der Waals surface area contributed by atoms with Crippen LogP contribution in [0.3, 0.4) is 0 Å². The summed E-state index contributed by atoms with van der Waals surface area (Å²) < 4.78 is 0. The molecule has 1 atom stereocenters. The van der Waals surface area contributed by atoms with E-state index in [1.807, 2.05) is 19.2 Å². The Kier molecular flexibility index (Phi) is 4.48. The smallest absolute Gasteiger partial charge is 0.270 e. The quantitative estimate of drug-likeness (QED) is 0.493. The van der Waals surface area contributed by atoms with Crippen LogP contribution in [0.5, 0.6) is 0 Å². The molecule has 2 heterocycles. The molecule has 0 amide bonds. The zero-order chi connectivity index (χ0) is 17.1. The van der Waals surface area contributed by atoms with Crippen molar-refractivity contribution in [2.24, 2.45) is 0 Å². The number of piperidine rings is 1. The number of nitro groups is 1. The maximum Gasteiger partial charge on any atom is 0.270 e. The van der Waals surface area contributed by atoms with Gasteiger partial charge in [0.05, 0.1) is 10.8 Å². The summed E-state index contributed by atoms with van der Waals surface area (Å²) in [5.41, 5.74) is 2.22. The zero-order valence-corrected chi connectivity index (χ0v) is 13.3. The number of rotatable bonds is 3. The lowest BCUT2D eigenvalue weighted by Crippen LogP contribution is -2.38. The molecule has 0 saturated carbocycles. The van der Waals surface area contributed by atoms with Crippen LogP contribution in [-0.4, -0.2) is 40.7 Å². The first kappa shape index (κ1) is 16.0.